The molecule has 0 aliphatic carbocycles. The number of benzene rings is 1. The van der Waals surface area contributed by atoms with Crippen LogP contribution < -0.4 is 0 Å². The van der Waals surface area contributed by atoms with Gasteiger partial charge in [0.1, 0.15) is 5.69 Å². The SMILES string of the molecule is O=C(O)c1ccn(-c2ccc(C(F)(F)F)cc2[N+](=O)[O-])n1. The highest BCUT2D eigenvalue weighted by Crippen LogP contribution is 2.34. The zero-order valence-electron chi connectivity index (χ0n) is 10.0. The van der Waals surface area contributed by atoms with Crippen LogP contribution in [0.1, 0.15) is 16.1 Å². The Morgan fingerprint density at radius 1 is 1.33 bits per heavy atom. The van der Waals surface area contributed by atoms with Crippen LogP contribution >= 0.6 is 0 Å². The van der Waals surface area contributed by atoms with Crippen molar-refractivity contribution in [3.63, 3.8) is 0 Å². The van der Waals surface area contributed by atoms with Gasteiger partial charge in [-0.1, -0.05) is 0 Å². The Balaban J connectivity index is 2.57. The molecule has 0 unspecified atom stereocenters. The molecule has 0 saturated carbocycles. The number of halogens is 3. The Morgan fingerprint density at radius 3 is 2.48 bits per heavy atom. The van der Waals surface area contributed by atoms with E-state index in [1.807, 2.05) is 0 Å². The van der Waals surface area contributed by atoms with E-state index in [9.17, 15) is 28.1 Å². The van der Waals surface area contributed by atoms with Crippen molar-refractivity contribution in [1.82, 2.24) is 9.78 Å². The molecule has 1 N–H and O–H groups in total. The lowest BCUT2D eigenvalue weighted by Crippen LogP contribution is -2.08. The van der Waals surface area contributed by atoms with E-state index < -0.39 is 28.3 Å². The zero-order valence-corrected chi connectivity index (χ0v) is 10.0. The van der Waals surface area contributed by atoms with Gasteiger partial charge in [-0.3, -0.25) is 10.1 Å². The number of hydrogen-bond donors (Lipinski definition) is 1. The molecule has 1 aromatic carbocycles. The van der Waals surface area contributed by atoms with Crippen LogP contribution in [0.3, 0.4) is 0 Å². The molecule has 0 saturated heterocycles. The number of carboxylic acid groups (broad SMARTS) is 1. The van der Waals surface area contributed by atoms with E-state index in [1.165, 1.54) is 0 Å². The number of nitro groups is 1. The summed E-state index contributed by atoms with van der Waals surface area (Å²) in [5.74, 6) is -1.36. The van der Waals surface area contributed by atoms with Gasteiger partial charge in [0.15, 0.2) is 5.69 Å². The van der Waals surface area contributed by atoms with E-state index in [0.29, 0.717) is 12.1 Å². The molecule has 0 atom stereocenters. The van der Waals surface area contributed by atoms with Gasteiger partial charge >= 0.3 is 12.1 Å². The summed E-state index contributed by atoms with van der Waals surface area (Å²) in [4.78, 5) is 20.6. The van der Waals surface area contributed by atoms with Gasteiger partial charge in [-0.2, -0.15) is 18.3 Å². The molecular weight excluding hydrogens is 295 g/mol. The van der Waals surface area contributed by atoms with E-state index in [-0.39, 0.29) is 11.4 Å². The number of nitrogens with zero attached hydrogens (tertiary/aromatic N) is 3. The minimum atomic E-state index is -4.72. The summed E-state index contributed by atoms with van der Waals surface area (Å²) >= 11 is 0. The molecule has 0 amide bonds. The molecule has 10 heteroatoms. The topological polar surface area (TPSA) is 98.3 Å². The first-order valence-electron chi connectivity index (χ1n) is 5.35. The second-order valence-corrected chi connectivity index (χ2v) is 3.91. The summed E-state index contributed by atoms with van der Waals surface area (Å²) in [6, 6.07) is 2.96. The number of carboxylic acids is 1. The smallest absolute Gasteiger partial charge is 0.416 e. The summed E-state index contributed by atoms with van der Waals surface area (Å²) < 4.78 is 38.5. The van der Waals surface area contributed by atoms with E-state index in [4.69, 9.17) is 5.11 Å². The molecule has 1 heterocycles. The van der Waals surface area contributed by atoms with Crippen molar-refractivity contribution in [3.8, 4) is 5.69 Å². The van der Waals surface area contributed by atoms with Gasteiger partial charge < -0.3 is 5.11 Å². The molecule has 2 aromatic rings. The van der Waals surface area contributed by atoms with Crippen LogP contribution in [-0.2, 0) is 6.18 Å². The molecule has 0 fully saturated rings. The summed E-state index contributed by atoms with van der Waals surface area (Å²) in [5.41, 5.74) is -2.65. The normalized spacial score (nSPS) is 11.4. The van der Waals surface area contributed by atoms with E-state index in [1.54, 1.807) is 0 Å². The highest BCUT2D eigenvalue weighted by Gasteiger charge is 2.33. The van der Waals surface area contributed by atoms with Crippen LogP contribution in [0.5, 0.6) is 0 Å². The van der Waals surface area contributed by atoms with E-state index in [2.05, 4.69) is 5.10 Å². The first kappa shape index (κ1) is 14.5. The maximum Gasteiger partial charge on any atom is 0.416 e. The number of nitro benzene ring substituents is 1. The van der Waals surface area contributed by atoms with Gasteiger partial charge in [0, 0.05) is 12.3 Å². The molecule has 110 valence electrons. The second kappa shape index (κ2) is 4.89. The van der Waals surface area contributed by atoms with Crippen LogP contribution in [-0.4, -0.2) is 25.8 Å². The minimum Gasteiger partial charge on any atom is -0.476 e. The Kier molecular flexibility index (Phi) is 3.37. The average molecular weight is 301 g/mol. The maximum absolute atomic E-state index is 12.6. The minimum absolute atomic E-state index is 0.263. The molecule has 21 heavy (non-hydrogen) atoms. The third-order valence-corrected chi connectivity index (χ3v) is 2.55. The quantitative estimate of drug-likeness (QED) is 0.693. The second-order valence-electron chi connectivity index (χ2n) is 3.91. The van der Waals surface area contributed by atoms with Gasteiger partial charge in [0.25, 0.3) is 5.69 Å². The van der Waals surface area contributed by atoms with Crippen molar-refractivity contribution in [2.24, 2.45) is 0 Å². The number of rotatable bonds is 3. The van der Waals surface area contributed by atoms with Crippen molar-refractivity contribution in [1.29, 1.82) is 0 Å². The highest BCUT2D eigenvalue weighted by atomic mass is 19.4. The number of aromatic carboxylic acids is 1. The first-order chi connectivity index (χ1) is 9.70. The predicted octanol–water partition coefficient (Wildman–Crippen LogP) is 2.50. The molecule has 0 bridgehead atoms. The molecule has 1 aromatic heterocycles. The van der Waals surface area contributed by atoms with Crippen molar-refractivity contribution < 1.29 is 28.0 Å². The van der Waals surface area contributed by atoms with Crippen LogP contribution in [0.2, 0.25) is 0 Å². The molecule has 7 nitrogen and oxygen atoms in total. The van der Waals surface area contributed by atoms with Gasteiger partial charge in [-0.25, -0.2) is 9.48 Å². The summed E-state index contributed by atoms with van der Waals surface area (Å²) in [5, 5.41) is 23.2. The lowest BCUT2D eigenvalue weighted by molar-refractivity contribution is -0.384. The van der Waals surface area contributed by atoms with Crippen molar-refractivity contribution >= 4 is 11.7 Å². The summed E-state index contributed by atoms with van der Waals surface area (Å²) in [6.07, 6.45) is -3.61. The number of carbonyl (C=O) groups is 1. The fourth-order valence-electron chi connectivity index (χ4n) is 1.61. The van der Waals surface area contributed by atoms with Crippen LogP contribution in [0.4, 0.5) is 18.9 Å². The fourth-order valence-corrected chi connectivity index (χ4v) is 1.61. The molecular formula is C11H6F3N3O4. The third kappa shape index (κ3) is 2.83. The van der Waals surface area contributed by atoms with Crippen molar-refractivity contribution in [3.05, 3.63) is 51.8 Å². The van der Waals surface area contributed by atoms with Crippen LogP contribution in [0.25, 0.3) is 5.69 Å². The highest BCUT2D eigenvalue weighted by molar-refractivity contribution is 5.85. The first-order valence-corrected chi connectivity index (χ1v) is 5.35. The van der Waals surface area contributed by atoms with Crippen LogP contribution in [0, 0.1) is 10.1 Å². The standard InChI is InChI=1S/C11H6F3N3O4/c12-11(13,14)6-1-2-8(9(5-6)17(20)21)16-4-3-7(15-16)10(18)19/h1-5H,(H,18,19). The average Bonchev–Trinajstić information content (AvgIpc) is 2.86. The molecule has 2 rings (SSSR count). The van der Waals surface area contributed by atoms with Gasteiger partial charge in [0.05, 0.1) is 10.5 Å². The maximum atomic E-state index is 12.6. The van der Waals surface area contributed by atoms with E-state index in [0.717, 1.165) is 23.0 Å². The van der Waals surface area contributed by atoms with Gasteiger partial charge in [-0.15, -0.1) is 0 Å². The Hall–Kier alpha value is -2.91. The van der Waals surface area contributed by atoms with Crippen molar-refractivity contribution in [2.45, 2.75) is 6.18 Å². The molecule has 0 spiro atoms. The Labute approximate surface area is 114 Å². The summed E-state index contributed by atoms with van der Waals surface area (Å²) in [6.45, 7) is 0. The lowest BCUT2D eigenvalue weighted by Gasteiger charge is -2.08. The largest absolute Gasteiger partial charge is 0.476 e. The number of alkyl halides is 3. The fraction of sp³-hybridized carbons (Fsp3) is 0.0909. The van der Waals surface area contributed by atoms with Gasteiger partial charge in [0.2, 0.25) is 0 Å². The molecule has 0 aliphatic rings. The molecule has 0 radical (unpaired) electrons. The van der Waals surface area contributed by atoms with Crippen LogP contribution in [0.15, 0.2) is 30.5 Å². The third-order valence-electron chi connectivity index (χ3n) is 2.55. The number of hydrogen-bond acceptors (Lipinski definition) is 4. The Morgan fingerprint density at radius 2 is 2.00 bits per heavy atom. The lowest BCUT2D eigenvalue weighted by atomic mass is 10.1. The van der Waals surface area contributed by atoms with E-state index >= 15 is 0 Å². The van der Waals surface area contributed by atoms with Gasteiger partial charge in [-0.05, 0) is 18.2 Å². The predicted molar refractivity (Wildman–Crippen MR) is 62.2 cm³/mol. The summed E-state index contributed by atoms with van der Waals surface area (Å²) in [7, 11) is 0. The monoisotopic (exact) mass is 301 g/mol. The number of aromatic nitrogens is 2. The molecule has 0 aliphatic heterocycles. The van der Waals surface area contributed by atoms with Crippen molar-refractivity contribution in [2.75, 3.05) is 0 Å². The Bertz CT molecular complexity index is 724. The zero-order chi connectivity index (χ0) is 15.8.